The molecule has 0 N–H and O–H groups in total. The van der Waals surface area contributed by atoms with Gasteiger partial charge in [0.25, 0.3) is 0 Å². The highest BCUT2D eigenvalue weighted by molar-refractivity contribution is 6.31. The van der Waals surface area contributed by atoms with E-state index in [2.05, 4.69) is 10.3 Å². The Hall–Kier alpha value is -1.95. The molecule has 2 heterocycles. The van der Waals surface area contributed by atoms with Gasteiger partial charge in [-0.25, -0.2) is 9.07 Å². The van der Waals surface area contributed by atoms with Crippen LogP contribution in [0.1, 0.15) is 42.5 Å². The first-order valence-corrected chi connectivity index (χ1v) is 8.62. The zero-order chi connectivity index (χ0) is 16.7. The van der Waals surface area contributed by atoms with E-state index in [1.165, 1.54) is 18.9 Å². The largest absolute Gasteiger partial charge is 0.338 e. The number of nitrogens with zero attached hydrogens (tertiary/aromatic N) is 4. The predicted octanol–water partition coefficient (Wildman–Crippen LogP) is 2.96. The lowest BCUT2D eigenvalue weighted by Gasteiger charge is -2.39. The highest BCUT2D eigenvalue weighted by atomic mass is 35.5. The van der Waals surface area contributed by atoms with Crippen LogP contribution in [0.5, 0.6) is 0 Å². The highest BCUT2D eigenvalue weighted by Gasteiger charge is 2.34. The fraction of sp³-hybridized carbons (Fsp3) is 0.471. The van der Waals surface area contributed by atoms with E-state index in [9.17, 15) is 9.18 Å². The van der Waals surface area contributed by atoms with Gasteiger partial charge in [-0.15, -0.1) is 5.10 Å². The second kappa shape index (κ2) is 6.16. The first-order valence-electron chi connectivity index (χ1n) is 8.24. The third-order valence-corrected chi connectivity index (χ3v) is 5.12. The van der Waals surface area contributed by atoms with Crippen LogP contribution in [0.25, 0.3) is 0 Å². The number of rotatable bonds is 5. The topological polar surface area (TPSA) is 51.0 Å². The van der Waals surface area contributed by atoms with Crippen molar-refractivity contribution in [2.45, 2.75) is 37.6 Å². The van der Waals surface area contributed by atoms with E-state index in [-0.39, 0.29) is 24.2 Å². The van der Waals surface area contributed by atoms with Crippen molar-refractivity contribution in [1.82, 2.24) is 19.9 Å². The van der Waals surface area contributed by atoms with Crippen LogP contribution in [0.15, 0.2) is 24.4 Å². The quantitative estimate of drug-likeness (QED) is 0.834. The van der Waals surface area contributed by atoms with Crippen LogP contribution >= 0.6 is 11.6 Å². The van der Waals surface area contributed by atoms with E-state index in [0.717, 1.165) is 5.69 Å². The maximum atomic E-state index is 13.7. The van der Waals surface area contributed by atoms with Crippen molar-refractivity contribution >= 4 is 17.5 Å². The molecule has 0 unspecified atom stereocenters. The summed E-state index contributed by atoms with van der Waals surface area (Å²) in [5, 5.41) is 8.75. The molecule has 0 atom stereocenters. The third kappa shape index (κ3) is 3.02. The summed E-state index contributed by atoms with van der Waals surface area (Å²) < 4.78 is 15.6. The fourth-order valence-electron chi connectivity index (χ4n) is 3.02. The van der Waals surface area contributed by atoms with Gasteiger partial charge in [-0.2, -0.15) is 0 Å². The maximum Gasteiger partial charge on any atom is 0.223 e. The molecule has 5 nitrogen and oxygen atoms in total. The Morgan fingerprint density at radius 3 is 2.83 bits per heavy atom. The number of hydrogen-bond acceptors (Lipinski definition) is 3. The number of halogens is 2. The van der Waals surface area contributed by atoms with Crippen molar-refractivity contribution < 1.29 is 9.18 Å². The summed E-state index contributed by atoms with van der Waals surface area (Å²) in [4.78, 5) is 14.0. The Bertz CT molecular complexity index is 747. The molecular formula is C17H18ClFN4O. The van der Waals surface area contributed by atoms with E-state index in [1.54, 1.807) is 17.0 Å². The van der Waals surface area contributed by atoms with Gasteiger partial charge >= 0.3 is 0 Å². The van der Waals surface area contributed by atoms with Gasteiger partial charge in [0.1, 0.15) is 5.82 Å². The molecule has 1 aromatic carbocycles. The van der Waals surface area contributed by atoms with Crippen molar-refractivity contribution in [3.05, 3.63) is 46.5 Å². The van der Waals surface area contributed by atoms with E-state index in [1.807, 2.05) is 10.9 Å². The number of hydrogen-bond donors (Lipinski definition) is 0. The molecule has 1 saturated heterocycles. The summed E-state index contributed by atoms with van der Waals surface area (Å²) >= 11 is 5.99. The first kappa shape index (κ1) is 15.6. The van der Waals surface area contributed by atoms with Crippen LogP contribution in [-0.4, -0.2) is 38.9 Å². The average Bonchev–Trinajstić information content (AvgIpc) is 3.25. The lowest BCUT2D eigenvalue weighted by atomic mass is 10.1. The molecule has 2 aliphatic rings. The Morgan fingerprint density at radius 1 is 1.33 bits per heavy atom. The Morgan fingerprint density at radius 2 is 2.12 bits per heavy atom. The van der Waals surface area contributed by atoms with E-state index < -0.39 is 0 Å². The third-order valence-electron chi connectivity index (χ3n) is 4.76. The molecule has 0 radical (unpaired) electrons. The Balaban J connectivity index is 1.29. The molecule has 0 bridgehead atoms. The van der Waals surface area contributed by atoms with Crippen LogP contribution in [0.4, 0.5) is 4.39 Å². The van der Waals surface area contributed by atoms with Crippen LogP contribution in [-0.2, 0) is 11.2 Å². The van der Waals surface area contributed by atoms with E-state index >= 15 is 0 Å². The first-order chi connectivity index (χ1) is 11.6. The number of amides is 1. The molecule has 126 valence electrons. The number of carbonyl (C=O) groups excluding carboxylic acids is 1. The zero-order valence-corrected chi connectivity index (χ0v) is 13.9. The van der Waals surface area contributed by atoms with Gasteiger partial charge in [0.05, 0.1) is 11.7 Å². The van der Waals surface area contributed by atoms with Crippen molar-refractivity contribution in [2.75, 3.05) is 13.1 Å². The smallest absolute Gasteiger partial charge is 0.223 e. The van der Waals surface area contributed by atoms with Gasteiger partial charge in [-0.05, 0) is 31.4 Å². The summed E-state index contributed by atoms with van der Waals surface area (Å²) in [5.41, 5.74) is 1.48. The Kier molecular flexibility index (Phi) is 4.00. The molecule has 4 rings (SSSR count). The highest BCUT2D eigenvalue weighted by Crippen LogP contribution is 2.39. The lowest BCUT2D eigenvalue weighted by Crippen LogP contribution is -2.51. The van der Waals surface area contributed by atoms with Crippen molar-refractivity contribution in [3.63, 3.8) is 0 Å². The molecule has 24 heavy (non-hydrogen) atoms. The van der Waals surface area contributed by atoms with Gasteiger partial charge in [-0.1, -0.05) is 22.9 Å². The number of carbonyl (C=O) groups is 1. The summed E-state index contributed by atoms with van der Waals surface area (Å²) in [7, 11) is 0. The molecule has 1 saturated carbocycles. The normalized spacial score (nSPS) is 17.8. The summed E-state index contributed by atoms with van der Waals surface area (Å²) in [5.74, 6) is 0.252. The monoisotopic (exact) mass is 348 g/mol. The average molecular weight is 349 g/mol. The molecular weight excluding hydrogens is 331 g/mol. The van der Waals surface area contributed by atoms with Crippen LogP contribution in [0.2, 0.25) is 5.02 Å². The molecule has 2 fully saturated rings. The van der Waals surface area contributed by atoms with Crippen molar-refractivity contribution in [1.29, 1.82) is 0 Å². The van der Waals surface area contributed by atoms with Gasteiger partial charge in [0, 0.05) is 42.2 Å². The Labute approximate surface area is 144 Å². The SMILES string of the molecule is O=C(CCc1c(F)cccc1Cl)N1CC(n2cc(C3CC3)nn2)C1. The second-order valence-corrected chi connectivity index (χ2v) is 6.96. The van der Waals surface area contributed by atoms with Crippen molar-refractivity contribution in [2.24, 2.45) is 0 Å². The number of likely N-dealkylation sites (tertiary alicyclic amines) is 1. The number of aromatic nitrogens is 3. The van der Waals surface area contributed by atoms with E-state index in [4.69, 9.17) is 11.6 Å². The summed E-state index contributed by atoms with van der Waals surface area (Å²) in [6, 6.07) is 4.78. The molecule has 2 aromatic rings. The molecule has 1 amide bonds. The minimum atomic E-state index is -0.355. The summed E-state index contributed by atoms with van der Waals surface area (Å²) in [6.07, 6.45) is 4.99. The van der Waals surface area contributed by atoms with Gasteiger partial charge in [-0.3, -0.25) is 4.79 Å². The maximum absolute atomic E-state index is 13.7. The van der Waals surface area contributed by atoms with Gasteiger partial charge < -0.3 is 4.90 Å². The number of benzene rings is 1. The molecule has 1 aliphatic carbocycles. The second-order valence-electron chi connectivity index (χ2n) is 6.55. The van der Waals surface area contributed by atoms with Crippen LogP contribution < -0.4 is 0 Å². The fourth-order valence-corrected chi connectivity index (χ4v) is 3.28. The lowest BCUT2D eigenvalue weighted by molar-refractivity contribution is -0.137. The van der Waals surface area contributed by atoms with Crippen LogP contribution in [0.3, 0.4) is 0 Å². The van der Waals surface area contributed by atoms with Gasteiger partial charge in [0.15, 0.2) is 0 Å². The molecule has 7 heteroatoms. The van der Waals surface area contributed by atoms with Crippen LogP contribution in [0, 0.1) is 5.82 Å². The summed E-state index contributed by atoms with van der Waals surface area (Å²) in [6.45, 7) is 1.27. The molecule has 0 spiro atoms. The van der Waals surface area contributed by atoms with E-state index in [0.29, 0.717) is 36.0 Å². The predicted molar refractivity (Wildman–Crippen MR) is 87.3 cm³/mol. The minimum Gasteiger partial charge on any atom is -0.338 e. The minimum absolute atomic E-state index is 0.0214. The van der Waals surface area contributed by atoms with Crippen molar-refractivity contribution in [3.8, 4) is 0 Å². The standard InChI is InChI=1S/C17H18ClFN4O/c18-14-2-1-3-15(19)13(14)6-7-17(24)22-8-12(9-22)23-10-16(20-21-23)11-4-5-11/h1-3,10-12H,4-9H2. The molecule has 1 aromatic heterocycles. The molecule has 1 aliphatic heterocycles. The zero-order valence-electron chi connectivity index (χ0n) is 13.2. The van der Waals surface area contributed by atoms with Gasteiger partial charge in [0.2, 0.25) is 5.91 Å².